The summed E-state index contributed by atoms with van der Waals surface area (Å²) in [6.45, 7) is 2.45. The molecule has 1 aromatic rings. The summed E-state index contributed by atoms with van der Waals surface area (Å²) in [5.41, 5.74) is 3.09. The van der Waals surface area contributed by atoms with Crippen LogP contribution in [0.4, 0.5) is 0 Å². The Hall–Kier alpha value is -0.860. The predicted molar refractivity (Wildman–Crippen MR) is 66.5 cm³/mol. The van der Waals surface area contributed by atoms with Crippen LogP contribution < -0.4 is 5.32 Å². The van der Waals surface area contributed by atoms with Crippen LogP contribution in [0.5, 0.6) is 0 Å². The SMILES string of the molecule is CN1CCC(NC2CCc3ccccc32)C1. The van der Waals surface area contributed by atoms with Crippen molar-refractivity contribution in [3.63, 3.8) is 0 Å². The fraction of sp³-hybridized carbons (Fsp3) is 0.571. The van der Waals surface area contributed by atoms with Crippen molar-refractivity contribution in [3.8, 4) is 0 Å². The van der Waals surface area contributed by atoms with E-state index in [9.17, 15) is 0 Å². The number of rotatable bonds is 2. The molecule has 0 saturated carbocycles. The van der Waals surface area contributed by atoms with Crippen LogP contribution in [0.15, 0.2) is 24.3 Å². The first-order valence-corrected chi connectivity index (χ1v) is 6.35. The summed E-state index contributed by atoms with van der Waals surface area (Å²) in [5, 5.41) is 3.82. The number of fused-ring (bicyclic) bond motifs is 1. The molecule has 2 aliphatic rings. The molecule has 16 heavy (non-hydrogen) atoms. The Balaban J connectivity index is 1.69. The molecule has 1 aliphatic carbocycles. The quantitative estimate of drug-likeness (QED) is 0.813. The van der Waals surface area contributed by atoms with Crippen LogP contribution in [-0.2, 0) is 6.42 Å². The molecule has 2 heteroatoms. The van der Waals surface area contributed by atoms with Gasteiger partial charge < -0.3 is 10.2 Å². The molecule has 1 aromatic carbocycles. The molecular weight excluding hydrogens is 196 g/mol. The van der Waals surface area contributed by atoms with Crippen molar-refractivity contribution < 1.29 is 0 Å². The van der Waals surface area contributed by atoms with E-state index in [0.717, 1.165) is 0 Å². The minimum Gasteiger partial charge on any atom is -0.306 e. The van der Waals surface area contributed by atoms with Crippen LogP contribution in [0.1, 0.15) is 30.0 Å². The number of likely N-dealkylation sites (N-methyl/N-ethyl adjacent to an activating group) is 1. The molecule has 3 rings (SSSR count). The van der Waals surface area contributed by atoms with Crippen molar-refractivity contribution in [2.75, 3.05) is 20.1 Å². The van der Waals surface area contributed by atoms with Crippen LogP contribution in [0.2, 0.25) is 0 Å². The highest BCUT2D eigenvalue weighted by atomic mass is 15.2. The average molecular weight is 216 g/mol. The van der Waals surface area contributed by atoms with Crippen LogP contribution in [0, 0.1) is 0 Å². The fourth-order valence-electron chi connectivity index (χ4n) is 3.09. The van der Waals surface area contributed by atoms with Crippen molar-refractivity contribution in [3.05, 3.63) is 35.4 Å². The minimum atomic E-state index is 0.604. The van der Waals surface area contributed by atoms with E-state index in [1.165, 1.54) is 37.9 Å². The summed E-state index contributed by atoms with van der Waals surface area (Å²) >= 11 is 0. The normalized spacial score (nSPS) is 29.6. The van der Waals surface area contributed by atoms with Gasteiger partial charge in [-0.3, -0.25) is 0 Å². The van der Waals surface area contributed by atoms with E-state index in [0.29, 0.717) is 12.1 Å². The Morgan fingerprint density at radius 1 is 1.25 bits per heavy atom. The lowest BCUT2D eigenvalue weighted by atomic mass is 10.1. The smallest absolute Gasteiger partial charge is 0.0329 e. The molecule has 1 saturated heterocycles. The van der Waals surface area contributed by atoms with Gasteiger partial charge in [0, 0.05) is 18.6 Å². The standard InChI is InChI=1S/C14H20N2/c1-16-9-8-12(10-16)15-14-7-6-11-4-2-3-5-13(11)14/h2-5,12,14-15H,6-10H2,1H3. The van der Waals surface area contributed by atoms with Crippen LogP contribution in [0.25, 0.3) is 0 Å². The molecule has 0 aromatic heterocycles. The number of nitrogens with zero attached hydrogens (tertiary/aromatic N) is 1. The molecule has 1 aliphatic heterocycles. The molecule has 0 amide bonds. The highest BCUT2D eigenvalue weighted by molar-refractivity contribution is 5.34. The third-order valence-electron chi connectivity index (χ3n) is 3.96. The second kappa shape index (κ2) is 4.19. The molecular formula is C14H20N2. The maximum atomic E-state index is 3.82. The Labute approximate surface area is 97.6 Å². The summed E-state index contributed by atoms with van der Waals surface area (Å²) in [6.07, 6.45) is 3.82. The minimum absolute atomic E-state index is 0.604. The highest BCUT2D eigenvalue weighted by Gasteiger charge is 2.26. The monoisotopic (exact) mass is 216 g/mol. The van der Waals surface area contributed by atoms with Gasteiger partial charge in [0.2, 0.25) is 0 Å². The maximum Gasteiger partial charge on any atom is 0.0329 e. The Morgan fingerprint density at radius 2 is 2.12 bits per heavy atom. The van der Waals surface area contributed by atoms with Gasteiger partial charge in [-0.05, 0) is 44.0 Å². The zero-order chi connectivity index (χ0) is 11.0. The van der Waals surface area contributed by atoms with Gasteiger partial charge in [-0.25, -0.2) is 0 Å². The third kappa shape index (κ3) is 1.87. The topological polar surface area (TPSA) is 15.3 Å². The van der Waals surface area contributed by atoms with E-state index in [1.807, 2.05) is 0 Å². The van der Waals surface area contributed by atoms with Crippen molar-refractivity contribution in [1.29, 1.82) is 0 Å². The molecule has 0 bridgehead atoms. The number of aryl methyl sites for hydroxylation is 1. The van der Waals surface area contributed by atoms with Gasteiger partial charge in [0.15, 0.2) is 0 Å². The first-order valence-electron chi connectivity index (χ1n) is 6.35. The Bertz CT molecular complexity index is 375. The molecule has 1 fully saturated rings. The van der Waals surface area contributed by atoms with E-state index >= 15 is 0 Å². The molecule has 1 N–H and O–H groups in total. The largest absolute Gasteiger partial charge is 0.306 e. The number of likely N-dealkylation sites (tertiary alicyclic amines) is 1. The summed E-state index contributed by atoms with van der Waals surface area (Å²) in [4.78, 5) is 2.42. The summed E-state index contributed by atoms with van der Waals surface area (Å²) in [5.74, 6) is 0. The van der Waals surface area contributed by atoms with Gasteiger partial charge in [-0.2, -0.15) is 0 Å². The molecule has 2 nitrogen and oxygen atoms in total. The van der Waals surface area contributed by atoms with E-state index in [1.54, 1.807) is 5.56 Å². The Morgan fingerprint density at radius 3 is 2.94 bits per heavy atom. The first kappa shape index (κ1) is 10.3. The fourth-order valence-corrected chi connectivity index (χ4v) is 3.09. The summed E-state index contributed by atoms with van der Waals surface area (Å²) in [7, 11) is 2.21. The molecule has 1 heterocycles. The predicted octanol–water partition coefficient (Wildman–Crippen LogP) is 1.97. The van der Waals surface area contributed by atoms with Crippen molar-refractivity contribution in [2.24, 2.45) is 0 Å². The van der Waals surface area contributed by atoms with Gasteiger partial charge in [0.05, 0.1) is 0 Å². The lowest BCUT2D eigenvalue weighted by Crippen LogP contribution is -2.33. The number of hydrogen-bond acceptors (Lipinski definition) is 2. The number of hydrogen-bond donors (Lipinski definition) is 1. The number of nitrogens with one attached hydrogen (secondary N) is 1. The van der Waals surface area contributed by atoms with Crippen molar-refractivity contribution >= 4 is 0 Å². The number of benzene rings is 1. The molecule has 86 valence electrons. The zero-order valence-corrected chi connectivity index (χ0v) is 9.95. The first-order chi connectivity index (χ1) is 7.83. The van der Waals surface area contributed by atoms with Gasteiger partial charge in [0.25, 0.3) is 0 Å². The van der Waals surface area contributed by atoms with Gasteiger partial charge >= 0.3 is 0 Å². The average Bonchev–Trinajstić information content (AvgIpc) is 2.87. The van der Waals surface area contributed by atoms with Crippen molar-refractivity contribution in [1.82, 2.24) is 10.2 Å². The Kier molecular flexibility index (Phi) is 2.70. The summed E-state index contributed by atoms with van der Waals surface area (Å²) < 4.78 is 0. The molecule has 0 spiro atoms. The zero-order valence-electron chi connectivity index (χ0n) is 9.95. The van der Waals surface area contributed by atoms with Gasteiger partial charge in [-0.1, -0.05) is 24.3 Å². The van der Waals surface area contributed by atoms with Gasteiger partial charge in [0.1, 0.15) is 0 Å². The van der Waals surface area contributed by atoms with Crippen molar-refractivity contribution in [2.45, 2.75) is 31.3 Å². The van der Waals surface area contributed by atoms with Crippen LogP contribution >= 0.6 is 0 Å². The van der Waals surface area contributed by atoms with Crippen LogP contribution in [0.3, 0.4) is 0 Å². The second-order valence-electron chi connectivity index (χ2n) is 5.20. The van der Waals surface area contributed by atoms with E-state index < -0.39 is 0 Å². The lowest BCUT2D eigenvalue weighted by Gasteiger charge is -2.19. The second-order valence-corrected chi connectivity index (χ2v) is 5.20. The molecule has 0 radical (unpaired) electrons. The third-order valence-corrected chi connectivity index (χ3v) is 3.96. The highest BCUT2D eigenvalue weighted by Crippen LogP contribution is 2.31. The van der Waals surface area contributed by atoms with E-state index in [-0.39, 0.29) is 0 Å². The molecule has 2 unspecified atom stereocenters. The molecule has 2 atom stereocenters. The summed E-state index contributed by atoms with van der Waals surface area (Å²) in [6, 6.07) is 10.2. The van der Waals surface area contributed by atoms with E-state index in [2.05, 4.69) is 41.5 Å². The van der Waals surface area contributed by atoms with Gasteiger partial charge in [-0.15, -0.1) is 0 Å². The lowest BCUT2D eigenvalue weighted by molar-refractivity contribution is 0.381. The maximum absolute atomic E-state index is 3.82. The van der Waals surface area contributed by atoms with Crippen LogP contribution in [-0.4, -0.2) is 31.1 Å². The van der Waals surface area contributed by atoms with E-state index in [4.69, 9.17) is 0 Å².